The number of nitrogens with zero attached hydrogens (tertiary/aromatic N) is 4. The lowest BCUT2D eigenvalue weighted by atomic mass is 10.1. The number of carbonyl (C=O) groups is 1. The summed E-state index contributed by atoms with van der Waals surface area (Å²) >= 11 is 0. The molecule has 1 aromatic carbocycles. The number of para-hydroxylation sites is 1. The molecule has 0 saturated carbocycles. The summed E-state index contributed by atoms with van der Waals surface area (Å²) < 4.78 is 14.1. The molecule has 3 rings (SSSR count). The number of halogens is 2. The Balaban J connectivity index is 0.00000300. The van der Waals surface area contributed by atoms with E-state index in [0.29, 0.717) is 43.2 Å². The number of pyridine rings is 1. The van der Waals surface area contributed by atoms with Crippen molar-refractivity contribution in [2.45, 2.75) is 13.3 Å². The summed E-state index contributed by atoms with van der Waals surface area (Å²) in [5.74, 6) is 0.412. The third-order valence-electron chi connectivity index (χ3n) is 4.89. The Labute approximate surface area is 178 Å². The number of amides is 1. The molecule has 0 atom stereocenters. The summed E-state index contributed by atoms with van der Waals surface area (Å²) in [6.45, 7) is 5.57. The zero-order valence-electron chi connectivity index (χ0n) is 17.2. The van der Waals surface area contributed by atoms with Crippen LogP contribution in [0.25, 0.3) is 0 Å². The van der Waals surface area contributed by atoms with Crippen LogP contribution in [0, 0.1) is 5.82 Å². The Bertz CT molecular complexity index is 824. The fourth-order valence-corrected chi connectivity index (χ4v) is 3.40. The number of benzene rings is 1. The molecule has 0 bridgehead atoms. The first-order chi connectivity index (χ1) is 13.5. The standard InChI is InChI=1S/C21H28FN5O.ClH/c1-4-10-23-17-9-11-24-20(19(17)21(28)25(2)3)27-14-12-26(13-15-27)18-8-6-5-7-16(18)22;/h5-9,11H,4,10,12-15H2,1-3H3,(H,23,24);1H. The Morgan fingerprint density at radius 3 is 2.41 bits per heavy atom. The molecular weight excluding hydrogens is 393 g/mol. The van der Waals surface area contributed by atoms with Crippen molar-refractivity contribution in [1.82, 2.24) is 9.88 Å². The highest BCUT2D eigenvalue weighted by atomic mass is 35.5. The molecule has 2 heterocycles. The second-order valence-corrected chi connectivity index (χ2v) is 7.11. The van der Waals surface area contributed by atoms with Gasteiger partial charge in [-0.05, 0) is 24.6 Å². The zero-order valence-corrected chi connectivity index (χ0v) is 18.0. The molecule has 1 saturated heterocycles. The molecule has 158 valence electrons. The van der Waals surface area contributed by atoms with Crippen LogP contribution in [0.4, 0.5) is 21.6 Å². The Morgan fingerprint density at radius 1 is 1.14 bits per heavy atom. The van der Waals surface area contributed by atoms with E-state index in [1.807, 2.05) is 17.0 Å². The van der Waals surface area contributed by atoms with E-state index in [2.05, 4.69) is 22.1 Å². The number of hydrogen-bond acceptors (Lipinski definition) is 5. The van der Waals surface area contributed by atoms with Gasteiger partial charge in [0.05, 0.1) is 11.4 Å². The SMILES string of the molecule is CCCNc1ccnc(N2CCN(c3ccccc3F)CC2)c1C(=O)N(C)C.Cl. The van der Waals surface area contributed by atoms with Gasteiger partial charge >= 0.3 is 0 Å². The number of nitrogens with one attached hydrogen (secondary N) is 1. The largest absolute Gasteiger partial charge is 0.384 e. The number of piperazine rings is 1. The van der Waals surface area contributed by atoms with Crippen molar-refractivity contribution in [3.8, 4) is 0 Å². The van der Waals surface area contributed by atoms with Gasteiger partial charge in [0.2, 0.25) is 0 Å². The second kappa shape index (κ2) is 10.3. The number of rotatable bonds is 6. The van der Waals surface area contributed by atoms with Gasteiger partial charge in [-0.3, -0.25) is 4.79 Å². The van der Waals surface area contributed by atoms with Crippen LogP contribution in [0.1, 0.15) is 23.7 Å². The van der Waals surface area contributed by atoms with Crippen molar-refractivity contribution < 1.29 is 9.18 Å². The first-order valence-corrected chi connectivity index (χ1v) is 9.72. The summed E-state index contributed by atoms with van der Waals surface area (Å²) in [7, 11) is 3.50. The highest BCUT2D eigenvalue weighted by molar-refractivity contribution is 6.04. The molecule has 0 aliphatic carbocycles. The van der Waals surface area contributed by atoms with Crippen molar-refractivity contribution in [2.24, 2.45) is 0 Å². The summed E-state index contributed by atoms with van der Waals surface area (Å²) in [5, 5.41) is 3.35. The lowest BCUT2D eigenvalue weighted by molar-refractivity contribution is 0.0828. The average Bonchev–Trinajstić information content (AvgIpc) is 2.72. The molecule has 1 N–H and O–H groups in total. The molecule has 6 nitrogen and oxygen atoms in total. The predicted molar refractivity (Wildman–Crippen MR) is 119 cm³/mol. The lowest BCUT2D eigenvalue weighted by Crippen LogP contribution is -2.47. The van der Waals surface area contributed by atoms with E-state index >= 15 is 0 Å². The van der Waals surface area contributed by atoms with Crippen LogP contribution in [0.3, 0.4) is 0 Å². The van der Waals surface area contributed by atoms with Crippen LogP contribution < -0.4 is 15.1 Å². The quantitative estimate of drug-likeness (QED) is 0.773. The third-order valence-corrected chi connectivity index (χ3v) is 4.89. The van der Waals surface area contributed by atoms with Gasteiger partial charge in [-0.1, -0.05) is 19.1 Å². The van der Waals surface area contributed by atoms with Crippen molar-refractivity contribution in [1.29, 1.82) is 0 Å². The van der Waals surface area contributed by atoms with Crippen molar-refractivity contribution >= 4 is 35.5 Å². The van der Waals surface area contributed by atoms with Gasteiger partial charge < -0.3 is 20.0 Å². The number of carbonyl (C=O) groups excluding carboxylic acids is 1. The zero-order chi connectivity index (χ0) is 20.1. The topological polar surface area (TPSA) is 51.7 Å². The van der Waals surface area contributed by atoms with Gasteiger partial charge in [-0.2, -0.15) is 0 Å². The molecule has 0 unspecified atom stereocenters. The summed E-state index contributed by atoms with van der Waals surface area (Å²) in [6.07, 6.45) is 2.71. The van der Waals surface area contributed by atoms with Gasteiger partial charge in [-0.25, -0.2) is 9.37 Å². The minimum atomic E-state index is -0.205. The van der Waals surface area contributed by atoms with Crippen LogP contribution in [0.5, 0.6) is 0 Å². The van der Waals surface area contributed by atoms with Crippen LogP contribution in [-0.2, 0) is 0 Å². The first-order valence-electron chi connectivity index (χ1n) is 9.72. The predicted octanol–water partition coefficient (Wildman–Crippen LogP) is 3.49. The van der Waals surface area contributed by atoms with Gasteiger partial charge in [-0.15, -0.1) is 12.4 Å². The highest BCUT2D eigenvalue weighted by Gasteiger charge is 2.26. The van der Waals surface area contributed by atoms with E-state index in [-0.39, 0.29) is 24.1 Å². The third kappa shape index (κ3) is 5.09. The molecule has 0 radical (unpaired) electrons. The number of hydrogen-bond donors (Lipinski definition) is 1. The summed E-state index contributed by atoms with van der Waals surface area (Å²) in [5.41, 5.74) is 2.03. The van der Waals surface area contributed by atoms with Crippen LogP contribution in [0.2, 0.25) is 0 Å². The molecular formula is C21H29ClFN5O. The van der Waals surface area contributed by atoms with E-state index in [1.54, 1.807) is 37.3 Å². The van der Waals surface area contributed by atoms with Gasteiger partial charge in [0.1, 0.15) is 17.2 Å². The molecule has 1 aromatic heterocycles. The summed E-state index contributed by atoms with van der Waals surface area (Å²) in [6, 6.07) is 8.70. The first kappa shape index (κ1) is 22.7. The molecule has 1 fully saturated rings. The Morgan fingerprint density at radius 2 is 1.79 bits per heavy atom. The maximum Gasteiger partial charge on any atom is 0.259 e. The maximum atomic E-state index is 14.1. The van der Waals surface area contributed by atoms with E-state index in [1.165, 1.54) is 6.07 Å². The summed E-state index contributed by atoms with van der Waals surface area (Å²) in [4.78, 5) is 23.2. The van der Waals surface area contributed by atoms with Crippen molar-refractivity contribution in [3.05, 3.63) is 47.9 Å². The van der Waals surface area contributed by atoms with Crippen LogP contribution in [-0.4, -0.2) is 62.6 Å². The number of aromatic nitrogens is 1. The number of anilines is 3. The molecule has 8 heteroatoms. The van der Waals surface area contributed by atoms with E-state index < -0.39 is 0 Å². The maximum absolute atomic E-state index is 14.1. The van der Waals surface area contributed by atoms with Crippen LogP contribution in [0.15, 0.2) is 36.5 Å². The Hall–Kier alpha value is -2.54. The molecule has 0 spiro atoms. The molecule has 29 heavy (non-hydrogen) atoms. The average molecular weight is 422 g/mol. The van der Waals surface area contributed by atoms with Gasteiger partial charge in [0.25, 0.3) is 5.91 Å². The highest BCUT2D eigenvalue weighted by Crippen LogP contribution is 2.29. The minimum absolute atomic E-state index is 0. The molecule has 1 aliphatic rings. The fraction of sp³-hybridized carbons (Fsp3) is 0.429. The molecule has 1 aliphatic heterocycles. The lowest BCUT2D eigenvalue weighted by Gasteiger charge is -2.37. The Kier molecular flexibility index (Phi) is 8.08. The second-order valence-electron chi connectivity index (χ2n) is 7.11. The fourth-order valence-electron chi connectivity index (χ4n) is 3.40. The van der Waals surface area contributed by atoms with Crippen LogP contribution >= 0.6 is 12.4 Å². The van der Waals surface area contributed by atoms with E-state index in [4.69, 9.17) is 0 Å². The molecule has 1 amide bonds. The smallest absolute Gasteiger partial charge is 0.259 e. The van der Waals surface area contributed by atoms with Gasteiger partial charge in [0, 0.05) is 53.0 Å². The molecule has 2 aromatic rings. The van der Waals surface area contributed by atoms with Gasteiger partial charge in [0.15, 0.2) is 0 Å². The van der Waals surface area contributed by atoms with E-state index in [0.717, 1.165) is 18.7 Å². The van der Waals surface area contributed by atoms with Crippen molar-refractivity contribution in [3.63, 3.8) is 0 Å². The van der Waals surface area contributed by atoms with Crippen molar-refractivity contribution in [2.75, 3.05) is 61.9 Å². The normalized spacial score (nSPS) is 13.7. The minimum Gasteiger partial charge on any atom is -0.384 e. The monoisotopic (exact) mass is 421 g/mol. The van der Waals surface area contributed by atoms with E-state index in [9.17, 15) is 9.18 Å².